The second kappa shape index (κ2) is 8.87. The fraction of sp³-hybridized carbons (Fsp3) is 0.263. The number of halogens is 4. The molecule has 2 heterocycles. The molecule has 13 heteroatoms. The van der Waals surface area contributed by atoms with Crippen LogP contribution in [0, 0.1) is 0 Å². The van der Waals surface area contributed by atoms with Crippen molar-refractivity contribution in [3.05, 3.63) is 64.8 Å². The van der Waals surface area contributed by atoms with E-state index in [4.69, 9.17) is 11.6 Å². The average molecular weight is 487 g/mol. The van der Waals surface area contributed by atoms with Gasteiger partial charge in [0.2, 0.25) is 0 Å². The highest BCUT2D eigenvalue weighted by Gasteiger charge is 2.32. The molecule has 0 aliphatic heterocycles. The molecular formula is C19H18ClF3N6O2S. The number of hydrogen-bond donors (Lipinski definition) is 1. The quantitative estimate of drug-likeness (QED) is 0.582. The van der Waals surface area contributed by atoms with Crippen LogP contribution in [-0.4, -0.2) is 42.4 Å². The largest absolute Gasteiger partial charge is 0.416 e. The summed E-state index contributed by atoms with van der Waals surface area (Å²) in [4.78, 5) is 20.9. The van der Waals surface area contributed by atoms with Gasteiger partial charge in [0.1, 0.15) is 6.33 Å². The number of nitrogens with zero attached hydrogens (tertiary/aromatic N) is 5. The lowest BCUT2D eigenvalue weighted by molar-refractivity contribution is -0.137. The third-order valence-corrected chi connectivity index (χ3v) is 5.10. The van der Waals surface area contributed by atoms with E-state index in [1.165, 1.54) is 29.7 Å². The maximum Gasteiger partial charge on any atom is 0.416 e. The number of carbonyl (C=O) groups is 1. The Bertz CT molecular complexity index is 1260. The highest BCUT2D eigenvalue weighted by molar-refractivity contribution is 7.92. The summed E-state index contributed by atoms with van der Waals surface area (Å²) in [6.07, 6.45) is 1.05. The first kappa shape index (κ1) is 23.7. The Morgan fingerprint density at radius 2 is 1.94 bits per heavy atom. The molecule has 3 aromatic rings. The number of amides is 1. The minimum Gasteiger partial charge on any atom is -0.342 e. The Labute approximate surface area is 187 Å². The zero-order valence-electron chi connectivity index (χ0n) is 17.1. The van der Waals surface area contributed by atoms with Gasteiger partial charge in [-0.3, -0.25) is 4.79 Å². The van der Waals surface area contributed by atoms with Crippen LogP contribution >= 0.6 is 11.6 Å². The van der Waals surface area contributed by atoms with Crippen LogP contribution in [-0.2, 0) is 15.9 Å². The normalized spacial score (nSPS) is 13.0. The zero-order valence-corrected chi connectivity index (χ0v) is 18.7. The van der Waals surface area contributed by atoms with Crippen molar-refractivity contribution in [3.8, 4) is 5.82 Å². The van der Waals surface area contributed by atoms with E-state index < -0.39 is 33.4 Å². The molecule has 2 aromatic heterocycles. The molecule has 170 valence electrons. The van der Waals surface area contributed by atoms with Crippen LogP contribution < -0.4 is 5.32 Å². The molecule has 1 amide bonds. The fourth-order valence-corrected chi connectivity index (χ4v) is 3.57. The molecule has 1 N–H and O–H groups in total. The zero-order chi connectivity index (χ0) is 23.7. The van der Waals surface area contributed by atoms with Gasteiger partial charge < -0.3 is 5.32 Å². The smallest absolute Gasteiger partial charge is 0.342 e. The molecule has 1 aromatic carbocycles. The third kappa shape index (κ3) is 5.62. The van der Waals surface area contributed by atoms with Gasteiger partial charge in [0.05, 0.1) is 34.1 Å². The highest BCUT2D eigenvalue weighted by atomic mass is 35.5. The predicted molar refractivity (Wildman–Crippen MR) is 114 cm³/mol. The van der Waals surface area contributed by atoms with E-state index in [2.05, 4.69) is 24.7 Å². The topological polar surface area (TPSA) is 102 Å². The first-order valence-corrected chi connectivity index (χ1v) is 11.8. The molecule has 0 saturated heterocycles. The van der Waals surface area contributed by atoms with Crippen molar-refractivity contribution in [2.45, 2.75) is 19.1 Å². The molecule has 0 aliphatic carbocycles. The maximum absolute atomic E-state index is 13.0. The Hall–Kier alpha value is -2.99. The van der Waals surface area contributed by atoms with Crippen molar-refractivity contribution < 1.29 is 22.2 Å². The van der Waals surface area contributed by atoms with Crippen LogP contribution in [0.1, 0.15) is 34.7 Å². The van der Waals surface area contributed by atoms with Gasteiger partial charge in [0.25, 0.3) is 5.91 Å². The highest BCUT2D eigenvalue weighted by Crippen LogP contribution is 2.32. The molecule has 8 nitrogen and oxygen atoms in total. The van der Waals surface area contributed by atoms with Crippen molar-refractivity contribution in [1.29, 1.82) is 0 Å². The van der Waals surface area contributed by atoms with E-state index >= 15 is 0 Å². The number of hydrogen-bond acceptors (Lipinski definition) is 6. The second-order valence-corrected chi connectivity index (χ2v) is 10.0. The molecule has 0 aliphatic rings. The van der Waals surface area contributed by atoms with Crippen molar-refractivity contribution in [2.24, 2.45) is 4.36 Å². The van der Waals surface area contributed by atoms with Crippen molar-refractivity contribution in [1.82, 2.24) is 25.1 Å². The summed E-state index contributed by atoms with van der Waals surface area (Å²) in [6, 6.07) is 4.96. The number of nitrogens with one attached hydrogen (secondary N) is 1. The molecular weight excluding hydrogens is 469 g/mol. The summed E-state index contributed by atoms with van der Waals surface area (Å²) < 4.78 is 56.2. The summed E-state index contributed by atoms with van der Waals surface area (Å²) in [6.45, 7) is 1.59. The molecule has 3 rings (SSSR count). The van der Waals surface area contributed by atoms with E-state index in [-0.39, 0.29) is 16.4 Å². The number of aromatic nitrogens is 4. The molecule has 1 atom stereocenters. The van der Waals surface area contributed by atoms with E-state index in [0.717, 1.165) is 12.1 Å². The van der Waals surface area contributed by atoms with Crippen molar-refractivity contribution >= 4 is 32.9 Å². The first-order valence-electron chi connectivity index (χ1n) is 9.06. The lowest BCUT2D eigenvalue weighted by Gasteiger charge is -2.16. The minimum absolute atomic E-state index is 0.117. The standard InChI is InChI=1S/C19H18ClF3N6O2S/c1-11(27-18(30)14-8-12(19(21,22)23)4-6-15(14)20)17-25-10-26-29(17)16-7-5-13(9-24-16)28-32(2,3)31/h4-11H,1-3H3,(H,27,30)/t11-/m0/s1. The molecule has 0 bridgehead atoms. The summed E-state index contributed by atoms with van der Waals surface area (Å²) in [5.74, 6) is -0.160. The molecule has 0 saturated carbocycles. The van der Waals surface area contributed by atoms with E-state index in [1.807, 2.05) is 0 Å². The molecule has 0 spiro atoms. The SMILES string of the molecule is C[C@H](NC(=O)c1cc(C(F)(F)F)ccc1Cl)c1ncnn1-c1ccc(N=S(C)(C)=O)cn1. The minimum atomic E-state index is -4.61. The lowest BCUT2D eigenvalue weighted by Crippen LogP contribution is -2.29. The van der Waals surface area contributed by atoms with Gasteiger partial charge >= 0.3 is 6.18 Å². The summed E-state index contributed by atoms with van der Waals surface area (Å²) in [7, 11) is -2.35. The average Bonchev–Trinajstić information content (AvgIpc) is 3.16. The van der Waals surface area contributed by atoms with Gasteiger partial charge in [0, 0.05) is 22.2 Å². The Morgan fingerprint density at radius 3 is 2.53 bits per heavy atom. The van der Waals surface area contributed by atoms with E-state index in [9.17, 15) is 22.2 Å². The van der Waals surface area contributed by atoms with Crippen LogP contribution in [0.5, 0.6) is 0 Å². The van der Waals surface area contributed by atoms with Gasteiger partial charge in [-0.15, -0.1) is 0 Å². The fourth-order valence-electron chi connectivity index (χ4n) is 2.75. The monoisotopic (exact) mass is 486 g/mol. The Balaban J connectivity index is 1.84. The predicted octanol–water partition coefficient (Wildman–Crippen LogP) is 4.18. The van der Waals surface area contributed by atoms with Gasteiger partial charge in [-0.1, -0.05) is 11.6 Å². The Morgan fingerprint density at radius 1 is 1.22 bits per heavy atom. The number of pyridine rings is 1. The summed E-state index contributed by atoms with van der Waals surface area (Å²) in [5, 5.41) is 6.54. The number of alkyl halides is 3. The molecule has 0 unspecified atom stereocenters. The van der Waals surface area contributed by atoms with Gasteiger partial charge in [-0.2, -0.15) is 27.3 Å². The van der Waals surface area contributed by atoms with Gasteiger partial charge in [-0.25, -0.2) is 14.2 Å². The van der Waals surface area contributed by atoms with E-state index in [0.29, 0.717) is 17.6 Å². The lowest BCUT2D eigenvalue weighted by atomic mass is 10.1. The molecule has 32 heavy (non-hydrogen) atoms. The number of benzene rings is 1. The van der Waals surface area contributed by atoms with Gasteiger partial charge in [-0.05, 0) is 37.3 Å². The maximum atomic E-state index is 13.0. The number of rotatable bonds is 5. The second-order valence-electron chi connectivity index (χ2n) is 7.06. The van der Waals surface area contributed by atoms with Crippen LogP contribution in [0.25, 0.3) is 5.82 Å². The van der Waals surface area contributed by atoms with Crippen LogP contribution in [0.4, 0.5) is 18.9 Å². The van der Waals surface area contributed by atoms with Crippen molar-refractivity contribution in [2.75, 3.05) is 12.5 Å². The molecule has 0 radical (unpaired) electrons. The summed E-state index contributed by atoms with van der Waals surface area (Å²) >= 11 is 5.94. The van der Waals surface area contributed by atoms with Crippen LogP contribution in [0.2, 0.25) is 5.02 Å². The van der Waals surface area contributed by atoms with E-state index in [1.54, 1.807) is 19.1 Å². The third-order valence-electron chi connectivity index (χ3n) is 4.12. The van der Waals surface area contributed by atoms with Crippen LogP contribution in [0.15, 0.2) is 47.2 Å². The van der Waals surface area contributed by atoms with Crippen LogP contribution in [0.3, 0.4) is 0 Å². The first-order chi connectivity index (χ1) is 14.8. The Kier molecular flexibility index (Phi) is 6.56. The van der Waals surface area contributed by atoms with Gasteiger partial charge in [0.15, 0.2) is 11.6 Å². The summed E-state index contributed by atoms with van der Waals surface area (Å²) in [5.41, 5.74) is -0.877. The molecule has 0 fully saturated rings. The van der Waals surface area contributed by atoms with Crippen molar-refractivity contribution in [3.63, 3.8) is 0 Å². The number of carbonyl (C=O) groups excluding carboxylic acids is 1.